The van der Waals surface area contributed by atoms with Gasteiger partial charge in [-0.2, -0.15) is 0 Å². The van der Waals surface area contributed by atoms with E-state index in [9.17, 15) is 0 Å². The molecule has 0 unspecified atom stereocenters. The number of aryl methyl sites for hydroxylation is 1. The normalized spacial score (nSPS) is 21.1. The fraction of sp³-hybridized carbons (Fsp3) is 0.643. The van der Waals surface area contributed by atoms with Crippen molar-refractivity contribution in [3.05, 3.63) is 53.6 Å². The molecular weight excluding hydrogens is 350 g/mol. The first kappa shape index (κ1) is 22.2. The van der Waals surface area contributed by atoms with Gasteiger partial charge < -0.3 is 4.90 Å². The van der Waals surface area contributed by atoms with Crippen molar-refractivity contribution in [3.8, 4) is 0 Å². The molecule has 1 heterocycles. The minimum atomic E-state index is 0.181. The van der Waals surface area contributed by atoms with Crippen molar-refractivity contribution in [3.63, 3.8) is 0 Å². The Bertz CT molecular complexity index is 697. The largest absolute Gasteiger partial charge is 0.372 e. The third kappa shape index (κ3) is 5.36. The molecule has 0 N–H and O–H groups in total. The molecule has 0 bridgehead atoms. The number of rotatable bonds is 5. The Morgan fingerprint density at radius 2 is 1.62 bits per heavy atom. The lowest BCUT2D eigenvalue weighted by Gasteiger charge is -2.40. The van der Waals surface area contributed by atoms with E-state index in [-0.39, 0.29) is 5.41 Å². The maximum atomic E-state index is 4.44. The maximum absolute atomic E-state index is 4.44. The molecule has 1 saturated heterocycles. The third-order valence-corrected chi connectivity index (χ3v) is 7.62. The number of nitrogens with zero attached hydrogens (tertiary/aromatic N) is 1. The average Bonchev–Trinajstić information content (AvgIpc) is 3.60. The lowest BCUT2D eigenvalue weighted by molar-refractivity contribution is 0.325. The predicted molar refractivity (Wildman–Crippen MR) is 128 cm³/mol. The van der Waals surface area contributed by atoms with Crippen LogP contribution in [-0.2, 0) is 5.41 Å². The van der Waals surface area contributed by atoms with Gasteiger partial charge in [0.2, 0.25) is 0 Å². The Balaban J connectivity index is 0.000000419. The first-order chi connectivity index (χ1) is 14.0. The van der Waals surface area contributed by atoms with Gasteiger partial charge >= 0.3 is 0 Å². The number of hydrogen-bond donors (Lipinski definition) is 0. The molecule has 29 heavy (non-hydrogen) atoms. The summed E-state index contributed by atoms with van der Waals surface area (Å²) in [5.74, 6) is 1.13. The molecule has 4 rings (SSSR count). The molecule has 3 aliphatic rings. The van der Waals surface area contributed by atoms with E-state index in [4.69, 9.17) is 0 Å². The molecule has 1 nitrogen and oxygen atoms in total. The van der Waals surface area contributed by atoms with Crippen LogP contribution in [0, 0.1) is 12.8 Å². The minimum absolute atomic E-state index is 0.181. The molecule has 2 aliphatic carbocycles. The third-order valence-electron chi connectivity index (χ3n) is 7.62. The summed E-state index contributed by atoms with van der Waals surface area (Å²) in [6, 6.07) is 7.01. The van der Waals surface area contributed by atoms with Crippen molar-refractivity contribution < 1.29 is 0 Å². The van der Waals surface area contributed by atoms with Crippen molar-refractivity contribution in [1.29, 1.82) is 0 Å². The summed E-state index contributed by atoms with van der Waals surface area (Å²) in [7, 11) is 0. The topological polar surface area (TPSA) is 3.24 Å². The van der Waals surface area contributed by atoms with Crippen LogP contribution >= 0.6 is 0 Å². The smallest absolute Gasteiger partial charge is 0.0366 e. The Kier molecular flexibility index (Phi) is 7.66. The number of piperidine rings is 1. The highest BCUT2D eigenvalue weighted by atomic mass is 15.1. The summed E-state index contributed by atoms with van der Waals surface area (Å²) in [5, 5.41) is 0. The molecule has 1 aliphatic heterocycles. The zero-order valence-corrected chi connectivity index (χ0v) is 19.4. The van der Waals surface area contributed by atoms with Gasteiger partial charge in [-0.05, 0) is 74.6 Å². The second-order valence-corrected chi connectivity index (χ2v) is 9.80. The van der Waals surface area contributed by atoms with Crippen molar-refractivity contribution in [2.24, 2.45) is 5.92 Å². The number of allylic oxidation sites excluding steroid dienone is 1. The molecule has 1 heteroatoms. The Morgan fingerprint density at radius 1 is 1.00 bits per heavy atom. The Labute approximate surface area is 180 Å². The number of likely N-dealkylation sites (tertiary alicyclic amines) is 1. The van der Waals surface area contributed by atoms with E-state index >= 15 is 0 Å². The monoisotopic (exact) mass is 393 g/mol. The molecule has 0 aromatic heterocycles. The molecule has 160 valence electrons. The van der Waals surface area contributed by atoms with Crippen LogP contribution in [0.3, 0.4) is 0 Å². The molecule has 0 spiro atoms. The standard InChI is InChI=1S/C23H33N.C5H10/c1-18(2)23(13-7-5-8-14-23)22-17-21(12-11-19(22)3)20(4)24-15-9-6-10-16-24;1-2-5-3-4-5/h11-12,17H,1,4-10,13-16H2,2-3H3;5H,2-4H2,1H3. The van der Waals surface area contributed by atoms with Crippen molar-refractivity contribution in [2.75, 3.05) is 13.1 Å². The van der Waals surface area contributed by atoms with E-state index in [1.54, 1.807) is 0 Å². The summed E-state index contributed by atoms with van der Waals surface area (Å²) in [5.41, 5.74) is 6.96. The van der Waals surface area contributed by atoms with Gasteiger partial charge in [0.15, 0.2) is 0 Å². The van der Waals surface area contributed by atoms with E-state index < -0.39 is 0 Å². The van der Waals surface area contributed by atoms with Crippen LogP contribution in [0.1, 0.15) is 101 Å². The zero-order chi connectivity index (χ0) is 20.9. The fourth-order valence-electron chi connectivity index (χ4n) is 5.27. The van der Waals surface area contributed by atoms with Gasteiger partial charge in [0, 0.05) is 24.2 Å². The summed E-state index contributed by atoms with van der Waals surface area (Å²) in [6.07, 6.45) is 14.9. The van der Waals surface area contributed by atoms with Crippen molar-refractivity contribution >= 4 is 5.70 Å². The van der Waals surface area contributed by atoms with E-state index in [1.165, 1.54) is 98.6 Å². The van der Waals surface area contributed by atoms with Gasteiger partial charge in [0.25, 0.3) is 0 Å². The predicted octanol–water partition coefficient (Wildman–Crippen LogP) is 8.04. The summed E-state index contributed by atoms with van der Waals surface area (Å²) < 4.78 is 0. The average molecular weight is 394 g/mol. The van der Waals surface area contributed by atoms with Crippen LogP contribution in [0.2, 0.25) is 0 Å². The second kappa shape index (κ2) is 10.0. The fourth-order valence-corrected chi connectivity index (χ4v) is 5.27. The van der Waals surface area contributed by atoms with E-state index in [1.807, 2.05) is 0 Å². The minimum Gasteiger partial charge on any atom is -0.372 e. The van der Waals surface area contributed by atoms with Crippen LogP contribution < -0.4 is 0 Å². The lowest BCUT2D eigenvalue weighted by atomic mass is 9.64. The Morgan fingerprint density at radius 3 is 2.14 bits per heavy atom. The summed E-state index contributed by atoms with van der Waals surface area (Å²) in [4.78, 5) is 2.48. The van der Waals surface area contributed by atoms with Crippen molar-refractivity contribution in [1.82, 2.24) is 4.90 Å². The summed E-state index contributed by atoms with van der Waals surface area (Å²) in [6.45, 7) is 17.9. The van der Waals surface area contributed by atoms with Crippen LogP contribution in [0.25, 0.3) is 5.70 Å². The summed E-state index contributed by atoms with van der Waals surface area (Å²) >= 11 is 0. The van der Waals surface area contributed by atoms with Gasteiger partial charge in [-0.25, -0.2) is 0 Å². The second-order valence-electron chi connectivity index (χ2n) is 9.80. The van der Waals surface area contributed by atoms with Crippen LogP contribution in [0.5, 0.6) is 0 Å². The molecule has 1 aromatic carbocycles. The molecule has 3 fully saturated rings. The molecule has 2 saturated carbocycles. The lowest BCUT2D eigenvalue weighted by Crippen LogP contribution is -2.31. The molecule has 0 radical (unpaired) electrons. The zero-order valence-electron chi connectivity index (χ0n) is 19.4. The molecule has 0 atom stereocenters. The highest BCUT2D eigenvalue weighted by Crippen LogP contribution is 2.46. The first-order valence-electron chi connectivity index (χ1n) is 12.2. The quantitative estimate of drug-likeness (QED) is 0.457. The van der Waals surface area contributed by atoms with Gasteiger partial charge in [-0.15, -0.1) is 0 Å². The molecule has 0 amide bonds. The molecular formula is C28H43N. The molecule has 1 aromatic rings. The highest BCUT2D eigenvalue weighted by molar-refractivity contribution is 5.64. The van der Waals surface area contributed by atoms with E-state index in [2.05, 4.69) is 57.0 Å². The SMILES string of the molecule is C=C(c1ccc(C)c(C2(C(=C)C)CCCCC2)c1)N1CCCCC1.CCC1CC1. The Hall–Kier alpha value is -1.50. The van der Waals surface area contributed by atoms with Gasteiger partial charge in [-0.1, -0.05) is 76.3 Å². The van der Waals surface area contributed by atoms with Gasteiger partial charge in [0.05, 0.1) is 0 Å². The maximum Gasteiger partial charge on any atom is 0.0366 e. The van der Waals surface area contributed by atoms with Crippen LogP contribution in [0.15, 0.2) is 36.9 Å². The highest BCUT2D eigenvalue weighted by Gasteiger charge is 2.36. The van der Waals surface area contributed by atoms with E-state index in [0.717, 1.165) is 19.0 Å². The van der Waals surface area contributed by atoms with Crippen LogP contribution in [-0.4, -0.2) is 18.0 Å². The van der Waals surface area contributed by atoms with Gasteiger partial charge in [-0.3, -0.25) is 0 Å². The van der Waals surface area contributed by atoms with Crippen molar-refractivity contribution in [2.45, 2.75) is 96.8 Å². The number of benzene rings is 1. The number of hydrogen-bond acceptors (Lipinski definition) is 1. The van der Waals surface area contributed by atoms with Gasteiger partial charge in [0.1, 0.15) is 0 Å². The first-order valence-corrected chi connectivity index (χ1v) is 12.2. The van der Waals surface area contributed by atoms with E-state index in [0.29, 0.717) is 0 Å². The van der Waals surface area contributed by atoms with Crippen LogP contribution in [0.4, 0.5) is 0 Å².